The number of aromatic nitrogens is 2. The highest BCUT2D eigenvalue weighted by molar-refractivity contribution is 6.43. The molecule has 1 aromatic carbocycles. The third-order valence-electron chi connectivity index (χ3n) is 3.61. The number of benzene rings is 1. The van der Waals surface area contributed by atoms with E-state index >= 15 is 0 Å². The number of nitrogens with one attached hydrogen (secondary N) is 2. The van der Waals surface area contributed by atoms with Crippen molar-refractivity contribution in [1.29, 1.82) is 0 Å². The van der Waals surface area contributed by atoms with Gasteiger partial charge in [-0.2, -0.15) is 0 Å². The molecule has 0 aliphatic carbocycles. The molecule has 4 N–H and O–H groups in total. The van der Waals surface area contributed by atoms with Crippen molar-refractivity contribution >= 4 is 24.0 Å². The van der Waals surface area contributed by atoms with Crippen LogP contribution in [0.3, 0.4) is 0 Å². The van der Waals surface area contributed by atoms with Gasteiger partial charge in [0, 0.05) is 17.3 Å². The second-order valence-electron chi connectivity index (χ2n) is 5.30. The van der Waals surface area contributed by atoms with Gasteiger partial charge >= 0.3 is 7.12 Å². The van der Waals surface area contributed by atoms with Crippen LogP contribution in [-0.4, -0.2) is 39.0 Å². The minimum atomic E-state index is -1.67. The summed E-state index contributed by atoms with van der Waals surface area (Å²) in [7, 11) is -1.67. The van der Waals surface area contributed by atoms with Crippen molar-refractivity contribution in [3.8, 4) is 0 Å². The Bertz CT molecular complexity index is 785. The second-order valence-corrected chi connectivity index (χ2v) is 5.30. The zero-order valence-corrected chi connectivity index (χ0v) is 12.3. The van der Waals surface area contributed by atoms with E-state index in [9.17, 15) is 14.8 Å². The number of nitrogens with zero attached hydrogens (tertiary/aromatic N) is 1. The van der Waals surface area contributed by atoms with E-state index in [4.69, 9.17) is 4.42 Å². The average molecular weight is 313 g/mol. The monoisotopic (exact) mass is 313 g/mol. The minimum absolute atomic E-state index is 0.0926. The van der Waals surface area contributed by atoms with Crippen molar-refractivity contribution in [2.45, 2.75) is 18.8 Å². The first kappa shape index (κ1) is 15.3. The van der Waals surface area contributed by atoms with Gasteiger partial charge in [-0.15, -0.1) is 0 Å². The van der Waals surface area contributed by atoms with E-state index in [1.54, 1.807) is 12.5 Å². The van der Waals surface area contributed by atoms with E-state index in [0.717, 1.165) is 16.5 Å². The fourth-order valence-electron chi connectivity index (χ4n) is 2.47. The van der Waals surface area contributed by atoms with Crippen LogP contribution in [0, 0.1) is 0 Å². The fourth-order valence-corrected chi connectivity index (χ4v) is 2.47. The highest BCUT2D eigenvalue weighted by Gasteiger charge is 2.27. The Balaban J connectivity index is 1.70. The van der Waals surface area contributed by atoms with E-state index in [0.29, 0.717) is 5.69 Å². The Morgan fingerprint density at radius 2 is 2.22 bits per heavy atom. The lowest BCUT2D eigenvalue weighted by Gasteiger charge is -2.17. The Hall–Kier alpha value is -2.58. The summed E-state index contributed by atoms with van der Waals surface area (Å²) in [6, 6.07) is 7.46. The number of rotatable bonds is 6. The Morgan fingerprint density at radius 1 is 1.39 bits per heavy atom. The molecule has 0 saturated carbocycles. The molecule has 118 valence electrons. The lowest BCUT2D eigenvalue weighted by Crippen LogP contribution is -2.48. The lowest BCUT2D eigenvalue weighted by molar-refractivity contribution is -0.120. The summed E-state index contributed by atoms with van der Waals surface area (Å²) < 4.78 is 5.43. The van der Waals surface area contributed by atoms with Crippen LogP contribution < -0.4 is 5.32 Å². The molecule has 0 radical (unpaired) electrons. The molecule has 3 rings (SSSR count). The van der Waals surface area contributed by atoms with Crippen molar-refractivity contribution < 1.29 is 19.3 Å². The molecular formula is C15H16BN3O4. The summed E-state index contributed by atoms with van der Waals surface area (Å²) in [6.45, 7) is 0. The van der Waals surface area contributed by atoms with E-state index in [1.165, 1.54) is 6.33 Å². The van der Waals surface area contributed by atoms with Crippen LogP contribution in [0.25, 0.3) is 11.0 Å². The maximum atomic E-state index is 12.0. The van der Waals surface area contributed by atoms with Gasteiger partial charge in [-0.3, -0.25) is 4.79 Å². The van der Waals surface area contributed by atoms with Crippen molar-refractivity contribution in [2.24, 2.45) is 0 Å². The molecule has 0 saturated heterocycles. The van der Waals surface area contributed by atoms with Crippen molar-refractivity contribution in [2.75, 3.05) is 0 Å². The maximum Gasteiger partial charge on any atom is 0.475 e. The van der Waals surface area contributed by atoms with Gasteiger partial charge < -0.3 is 24.8 Å². The van der Waals surface area contributed by atoms with Crippen LogP contribution in [0.4, 0.5) is 0 Å². The molecule has 0 aliphatic heterocycles. The quantitative estimate of drug-likeness (QED) is 0.493. The first-order valence-electron chi connectivity index (χ1n) is 7.21. The van der Waals surface area contributed by atoms with Gasteiger partial charge in [-0.25, -0.2) is 4.98 Å². The normalized spacial score (nSPS) is 12.3. The number of fused-ring (bicyclic) bond motifs is 1. The molecule has 0 aliphatic rings. The highest BCUT2D eigenvalue weighted by atomic mass is 16.4. The molecule has 3 aromatic rings. The number of hydrogen-bond acceptors (Lipinski definition) is 5. The third kappa shape index (κ3) is 3.61. The number of para-hydroxylation sites is 1. The standard InChI is InChI=1S/C15H16BN3O4/c20-15(6-11-7-17-9-18-11)19-14(16(21)22)5-10-8-23-13-4-2-1-3-12(10)13/h1-4,7-9,14,21-22H,5-6H2,(H,17,18)(H,19,20). The zero-order chi connectivity index (χ0) is 16.2. The number of furan rings is 1. The van der Waals surface area contributed by atoms with Gasteiger partial charge in [0.2, 0.25) is 5.91 Å². The summed E-state index contributed by atoms with van der Waals surface area (Å²) in [5.41, 5.74) is 2.18. The molecule has 7 nitrogen and oxygen atoms in total. The number of imidazole rings is 1. The minimum Gasteiger partial charge on any atom is -0.464 e. The molecule has 1 atom stereocenters. The molecule has 2 aromatic heterocycles. The Labute approximate surface area is 132 Å². The summed E-state index contributed by atoms with van der Waals surface area (Å²) in [6.07, 6.45) is 4.95. The molecule has 2 heterocycles. The summed E-state index contributed by atoms with van der Waals surface area (Å²) >= 11 is 0. The van der Waals surface area contributed by atoms with Crippen LogP contribution in [0.15, 0.2) is 47.5 Å². The molecular weight excluding hydrogens is 297 g/mol. The first-order valence-corrected chi connectivity index (χ1v) is 7.21. The van der Waals surface area contributed by atoms with Gasteiger partial charge in [0.1, 0.15) is 5.58 Å². The number of carbonyl (C=O) groups is 1. The van der Waals surface area contributed by atoms with Gasteiger partial charge in [0.25, 0.3) is 0 Å². The molecule has 1 amide bonds. The Kier molecular flexibility index (Phi) is 4.45. The van der Waals surface area contributed by atoms with Gasteiger partial charge in [-0.1, -0.05) is 18.2 Å². The van der Waals surface area contributed by atoms with Crippen LogP contribution in [0.5, 0.6) is 0 Å². The number of aromatic amines is 1. The predicted molar refractivity (Wildman–Crippen MR) is 84.3 cm³/mol. The molecule has 1 unspecified atom stereocenters. The van der Waals surface area contributed by atoms with Gasteiger partial charge in [-0.05, 0) is 18.1 Å². The van der Waals surface area contributed by atoms with Crippen LogP contribution >= 0.6 is 0 Å². The Morgan fingerprint density at radius 3 is 2.96 bits per heavy atom. The predicted octanol–water partition coefficient (Wildman–Crippen LogP) is 0.438. The molecule has 8 heteroatoms. The second kappa shape index (κ2) is 6.68. The maximum absolute atomic E-state index is 12.0. The van der Waals surface area contributed by atoms with Gasteiger partial charge in [0.15, 0.2) is 0 Å². The van der Waals surface area contributed by atoms with Crippen molar-refractivity contribution in [3.05, 3.63) is 54.3 Å². The average Bonchev–Trinajstić information content (AvgIpc) is 3.16. The molecule has 0 bridgehead atoms. The third-order valence-corrected chi connectivity index (χ3v) is 3.61. The first-order chi connectivity index (χ1) is 11.1. The van der Waals surface area contributed by atoms with E-state index < -0.39 is 13.1 Å². The fraction of sp³-hybridized carbons (Fsp3) is 0.200. The number of amides is 1. The largest absolute Gasteiger partial charge is 0.475 e. The van der Waals surface area contributed by atoms with Crippen molar-refractivity contribution in [1.82, 2.24) is 15.3 Å². The topological polar surface area (TPSA) is 111 Å². The smallest absolute Gasteiger partial charge is 0.464 e. The SMILES string of the molecule is O=C(Cc1cnc[nH]1)NC(Cc1coc2ccccc12)B(O)O. The van der Waals surface area contributed by atoms with Crippen LogP contribution in [0.1, 0.15) is 11.3 Å². The lowest BCUT2D eigenvalue weighted by atomic mass is 9.76. The summed E-state index contributed by atoms with van der Waals surface area (Å²) in [5.74, 6) is -1.15. The number of H-pyrrole nitrogens is 1. The van der Waals surface area contributed by atoms with Gasteiger partial charge in [0.05, 0.1) is 25.0 Å². The summed E-state index contributed by atoms with van der Waals surface area (Å²) in [5, 5.41) is 22.6. The number of carbonyl (C=O) groups excluding carboxylic acids is 1. The van der Waals surface area contributed by atoms with Crippen LogP contribution in [-0.2, 0) is 17.6 Å². The number of hydrogen-bond donors (Lipinski definition) is 4. The zero-order valence-electron chi connectivity index (χ0n) is 12.3. The molecule has 0 spiro atoms. The molecule has 0 fully saturated rings. The molecule has 23 heavy (non-hydrogen) atoms. The van der Waals surface area contributed by atoms with E-state index in [1.807, 2.05) is 24.3 Å². The van der Waals surface area contributed by atoms with Crippen LogP contribution in [0.2, 0.25) is 0 Å². The highest BCUT2D eigenvalue weighted by Crippen LogP contribution is 2.22. The summed E-state index contributed by atoms with van der Waals surface area (Å²) in [4.78, 5) is 18.7. The van der Waals surface area contributed by atoms with Crippen molar-refractivity contribution in [3.63, 3.8) is 0 Å². The van der Waals surface area contributed by atoms with E-state index in [-0.39, 0.29) is 18.7 Å². The van der Waals surface area contributed by atoms with E-state index in [2.05, 4.69) is 15.3 Å².